The second-order valence-electron chi connectivity index (χ2n) is 7.31. The van der Waals surface area contributed by atoms with Crippen LogP contribution in [0.3, 0.4) is 0 Å². The van der Waals surface area contributed by atoms with Crippen LogP contribution < -0.4 is 4.74 Å². The molecule has 1 aromatic carbocycles. The first-order chi connectivity index (χ1) is 14.8. The van der Waals surface area contributed by atoms with Crippen LogP contribution >= 0.6 is 34.8 Å². The van der Waals surface area contributed by atoms with Gasteiger partial charge in [-0.15, -0.1) is 0 Å². The van der Waals surface area contributed by atoms with Gasteiger partial charge < -0.3 is 4.74 Å². The Morgan fingerprint density at radius 1 is 1.03 bits per heavy atom. The molecule has 0 spiro atoms. The molecule has 160 valence electrons. The van der Waals surface area contributed by atoms with E-state index in [-0.39, 0.29) is 22.6 Å². The normalized spacial score (nSPS) is 12.5. The number of ether oxygens (including phenoxy) is 1. The van der Waals surface area contributed by atoms with Crippen LogP contribution in [0.4, 0.5) is 4.39 Å². The van der Waals surface area contributed by atoms with Gasteiger partial charge in [0.1, 0.15) is 22.2 Å². The van der Waals surface area contributed by atoms with Crippen molar-refractivity contribution in [1.82, 2.24) is 19.4 Å². The predicted molar refractivity (Wildman–Crippen MR) is 121 cm³/mol. The van der Waals surface area contributed by atoms with E-state index in [0.717, 1.165) is 0 Å². The number of hydrogen-bond acceptors (Lipinski definition) is 4. The van der Waals surface area contributed by atoms with Crippen molar-refractivity contribution in [1.29, 1.82) is 0 Å². The summed E-state index contributed by atoms with van der Waals surface area (Å²) in [5.41, 5.74) is 2.10. The zero-order valence-corrected chi connectivity index (χ0v) is 19.2. The van der Waals surface area contributed by atoms with Gasteiger partial charge in [-0.25, -0.2) is 19.3 Å². The van der Waals surface area contributed by atoms with Crippen molar-refractivity contribution < 1.29 is 9.13 Å². The van der Waals surface area contributed by atoms with Crippen molar-refractivity contribution in [2.75, 3.05) is 0 Å². The van der Waals surface area contributed by atoms with Gasteiger partial charge in [0.25, 0.3) is 0 Å². The molecule has 0 aliphatic carbocycles. The number of hydrogen-bond donors (Lipinski definition) is 0. The molecule has 5 nitrogen and oxygen atoms in total. The van der Waals surface area contributed by atoms with Crippen LogP contribution in [-0.2, 0) is 0 Å². The van der Waals surface area contributed by atoms with Gasteiger partial charge in [-0.1, -0.05) is 41.7 Å². The molecule has 0 aliphatic rings. The standard InChI is InChI=1S/C22H18Cl3FN4O/c1-11(2)31-20-14(12(3)22-29-10-16-21(25)27-6-7-30(16)22)8-15(23)19(26)18(20)13-4-5-17(24)28-9-13/h4-12H,1-3H3. The summed E-state index contributed by atoms with van der Waals surface area (Å²) in [5.74, 6) is 0.186. The number of fused-ring (bicyclic) bond motifs is 1. The number of pyridine rings is 1. The summed E-state index contributed by atoms with van der Waals surface area (Å²) in [6.45, 7) is 5.70. The fourth-order valence-corrected chi connectivity index (χ4v) is 3.99. The lowest BCUT2D eigenvalue weighted by Gasteiger charge is -2.23. The van der Waals surface area contributed by atoms with E-state index < -0.39 is 5.82 Å². The summed E-state index contributed by atoms with van der Waals surface area (Å²) >= 11 is 18.4. The van der Waals surface area contributed by atoms with Crippen LogP contribution in [0.1, 0.15) is 38.1 Å². The lowest BCUT2D eigenvalue weighted by molar-refractivity contribution is 0.239. The number of aromatic nitrogens is 4. The van der Waals surface area contributed by atoms with Gasteiger partial charge in [0.2, 0.25) is 0 Å². The first-order valence-corrected chi connectivity index (χ1v) is 10.7. The van der Waals surface area contributed by atoms with Crippen LogP contribution in [0.25, 0.3) is 16.6 Å². The maximum absolute atomic E-state index is 15.3. The summed E-state index contributed by atoms with van der Waals surface area (Å²) in [6, 6.07) is 4.86. The first kappa shape index (κ1) is 21.8. The third-order valence-corrected chi connectivity index (χ3v) is 5.65. The lowest BCUT2D eigenvalue weighted by atomic mass is 9.93. The van der Waals surface area contributed by atoms with Crippen LogP contribution in [-0.4, -0.2) is 25.5 Å². The molecular weight excluding hydrogens is 462 g/mol. The minimum absolute atomic E-state index is 0.0246. The molecule has 0 fully saturated rings. The van der Waals surface area contributed by atoms with E-state index in [1.165, 1.54) is 6.20 Å². The Balaban J connectivity index is 1.96. The fraction of sp³-hybridized carbons (Fsp3) is 0.227. The molecule has 4 aromatic rings. The highest BCUT2D eigenvalue weighted by molar-refractivity contribution is 6.32. The molecule has 9 heteroatoms. The van der Waals surface area contributed by atoms with E-state index in [1.54, 1.807) is 36.8 Å². The average molecular weight is 480 g/mol. The van der Waals surface area contributed by atoms with Crippen LogP contribution in [0.5, 0.6) is 5.75 Å². The van der Waals surface area contributed by atoms with E-state index in [1.807, 2.05) is 25.2 Å². The molecule has 31 heavy (non-hydrogen) atoms. The van der Waals surface area contributed by atoms with Crippen molar-refractivity contribution >= 4 is 40.3 Å². The summed E-state index contributed by atoms with van der Waals surface area (Å²) in [7, 11) is 0. The fourth-order valence-electron chi connectivity index (χ4n) is 3.47. The van der Waals surface area contributed by atoms with Gasteiger partial charge in [0, 0.05) is 35.6 Å². The zero-order valence-electron chi connectivity index (χ0n) is 16.9. The van der Waals surface area contributed by atoms with Crippen LogP contribution in [0, 0.1) is 5.82 Å². The van der Waals surface area contributed by atoms with Crippen molar-refractivity contribution in [2.45, 2.75) is 32.8 Å². The van der Waals surface area contributed by atoms with Gasteiger partial charge in [0.15, 0.2) is 11.0 Å². The number of rotatable bonds is 5. The largest absolute Gasteiger partial charge is 0.490 e. The smallest absolute Gasteiger partial charge is 0.154 e. The van der Waals surface area contributed by atoms with E-state index in [0.29, 0.717) is 38.5 Å². The highest BCUT2D eigenvalue weighted by atomic mass is 35.5. The average Bonchev–Trinajstić information content (AvgIpc) is 3.16. The highest BCUT2D eigenvalue weighted by Crippen LogP contribution is 2.44. The topological polar surface area (TPSA) is 52.3 Å². The van der Waals surface area contributed by atoms with Crippen LogP contribution in [0.15, 0.2) is 43.0 Å². The molecule has 0 radical (unpaired) electrons. The second kappa shape index (κ2) is 8.61. The molecule has 0 saturated carbocycles. The minimum Gasteiger partial charge on any atom is -0.490 e. The maximum Gasteiger partial charge on any atom is 0.154 e. The third kappa shape index (κ3) is 4.07. The van der Waals surface area contributed by atoms with Gasteiger partial charge >= 0.3 is 0 Å². The molecular formula is C22H18Cl3FN4O. The molecule has 1 atom stereocenters. The molecule has 0 aliphatic heterocycles. The van der Waals surface area contributed by atoms with E-state index in [9.17, 15) is 0 Å². The summed E-state index contributed by atoms with van der Waals surface area (Å²) in [4.78, 5) is 12.7. The molecule has 0 saturated heterocycles. The molecule has 0 bridgehead atoms. The van der Waals surface area contributed by atoms with Crippen molar-refractivity contribution in [3.05, 3.63) is 75.5 Å². The first-order valence-electron chi connectivity index (χ1n) is 9.55. The van der Waals surface area contributed by atoms with Gasteiger partial charge in [-0.2, -0.15) is 0 Å². The quantitative estimate of drug-likeness (QED) is 0.294. The predicted octanol–water partition coefficient (Wildman–Crippen LogP) is 6.83. The summed E-state index contributed by atoms with van der Waals surface area (Å²) in [6.07, 6.45) is 6.31. The summed E-state index contributed by atoms with van der Waals surface area (Å²) in [5, 5.41) is 0.626. The molecule has 3 aromatic heterocycles. The Morgan fingerprint density at radius 3 is 2.48 bits per heavy atom. The zero-order chi connectivity index (χ0) is 22.3. The Hall–Kier alpha value is -2.41. The number of benzene rings is 1. The number of nitrogens with zero attached hydrogens (tertiary/aromatic N) is 4. The number of imidazole rings is 1. The molecule has 4 rings (SSSR count). The Morgan fingerprint density at radius 2 is 1.81 bits per heavy atom. The third-order valence-electron chi connectivity index (χ3n) is 4.86. The van der Waals surface area contributed by atoms with Gasteiger partial charge in [0.05, 0.1) is 22.9 Å². The van der Waals surface area contributed by atoms with E-state index in [2.05, 4.69) is 15.0 Å². The Bertz CT molecular complexity index is 1260. The Labute approximate surface area is 193 Å². The number of halogens is 4. The van der Waals surface area contributed by atoms with Crippen molar-refractivity contribution in [3.63, 3.8) is 0 Å². The summed E-state index contributed by atoms with van der Waals surface area (Å²) < 4.78 is 23.2. The van der Waals surface area contributed by atoms with Crippen LogP contribution in [0.2, 0.25) is 15.3 Å². The molecule has 0 N–H and O–H groups in total. The van der Waals surface area contributed by atoms with E-state index in [4.69, 9.17) is 39.5 Å². The monoisotopic (exact) mass is 478 g/mol. The maximum atomic E-state index is 15.3. The Kier molecular flexibility index (Phi) is 6.06. The minimum atomic E-state index is -0.586. The van der Waals surface area contributed by atoms with Gasteiger partial charge in [-0.05, 0) is 32.0 Å². The van der Waals surface area contributed by atoms with Gasteiger partial charge in [-0.3, -0.25) is 4.40 Å². The SMILES string of the molecule is CC(C)Oc1c(C(C)c2ncc3c(Cl)nccn23)cc(Cl)c(F)c1-c1ccc(Cl)nc1. The molecule has 3 heterocycles. The van der Waals surface area contributed by atoms with E-state index >= 15 is 4.39 Å². The second-order valence-corrected chi connectivity index (χ2v) is 8.47. The van der Waals surface area contributed by atoms with Crippen molar-refractivity contribution in [3.8, 4) is 16.9 Å². The highest BCUT2D eigenvalue weighted by Gasteiger charge is 2.27. The van der Waals surface area contributed by atoms with Crippen molar-refractivity contribution in [2.24, 2.45) is 0 Å². The lowest BCUT2D eigenvalue weighted by Crippen LogP contribution is -2.13. The molecule has 1 unspecified atom stereocenters. The molecule has 0 amide bonds.